The molecule has 1 aliphatic rings. The summed E-state index contributed by atoms with van der Waals surface area (Å²) in [5.74, 6) is 6.07. The van der Waals surface area contributed by atoms with Gasteiger partial charge < -0.3 is 4.90 Å². The topological polar surface area (TPSA) is 53.5 Å². The Morgan fingerprint density at radius 3 is 2.62 bits per heavy atom. The molecule has 0 aromatic carbocycles. The smallest absolute Gasteiger partial charge is 0.355 e. The molecule has 29 heavy (non-hydrogen) atoms. The van der Waals surface area contributed by atoms with Crippen LogP contribution < -0.4 is 4.90 Å². The minimum absolute atomic E-state index is 0.133. The van der Waals surface area contributed by atoms with Crippen LogP contribution in [0.25, 0.3) is 0 Å². The fraction of sp³-hybridized carbons (Fsp3) is 0.600. The zero-order chi connectivity index (χ0) is 21.3. The zero-order valence-corrected chi connectivity index (χ0v) is 17.4. The highest BCUT2D eigenvalue weighted by Gasteiger charge is 2.31. The second-order valence-corrected chi connectivity index (χ2v) is 8.92. The maximum atomic E-state index is 12.7. The summed E-state index contributed by atoms with van der Waals surface area (Å²) in [7, 11) is -3.46. The molecule has 1 aromatic rings. The van der Waals surface area contributed by atoms with Crippen LogP contribution in [0.2, 0.25) is 0 Å². The number of unbranched alkanes of at least 4 members (excludes halogenated alkanes) is 3. The first-order chi connectivity index (χ1) is 13.7. The third-order valence-electron chi connectivity index (χ3n) is 4.65. The number of aromatic nitrogens is 1. The number of anilines is 1. The quantitative estimate of drug-likeness (QED) is 0.489. The van der Waals surface area contributed by atoms with Gasteiger partial charge in [0.25, 0.3) is 0 Å². The highest BCUT2D eigenvalue weighted by Crippen LogP contribution is 2.29. The van der Waals surface area contributed by atoms with Gasteiger partial charge in [0.15, 0.2) is 0 Å². The molecule has 1 radical (unpaired) electrons. The zero-order valence-electron chi connectivity index (χ0n) is 16.6. The summed E-state index contributed by atoms with van der Waals surface area (Å²) in [6, 6.07) is 2.32. The molecule has 0 saturated carbocycles. The molecular weight excluding hydrogens is 403 g/mol. The number of nitrogens with zero attached hydrogens (tertiary/aromatic N) is 3. The van der Waals surface area contributed by atoms with Crippen molar-refractivity contribution in [2.75, 3.05) is 36.8 Å². The molecule has 0 amide bonds. The lowest BCUT2D eigenvalue weighted by Gasteiger charge is -2.22. The van der Waals surface area contributed by atoms with Gasteiger partial charge >= 0.3 is 6.18 Å². The third-order valence-corrected chi connectivity index (χ3v) is 6.39. The number of sulfonamides is 1. The van der Waals surface area contributed by atoms with Crippen LogP contribution in [0.3, 0.4) is 0 Å². The Bertz CT molecular complexity index is 799. The number of halogens is 3. The van der Waals surface area contributed by atoms with E-state index in [1.807, 2.05) is 4.90 Å². The van der Waals surface area contributed by atoms with E-state index in [4.69, 9.17) is 0 Å². The molecule has 161 valence electrons. The molecule has 2 heterocycles. The Balaban J connectivity index is 1.88. The van der Waals surface area contributed by atoms with Crippen LogP contribution in [0.5, 0.6) is 0 Å². The van der Waals surface area contributed by atoms with Crippen LogP contribution in [0.1, 0.15) is 44.6 Å². The molecule has 1 aliphatic heterocycles. The van der Waals surface area contributed by atoms with Crippen LogP contribution in [0, 0.1) is 18.3 Å². The average Bonchev–Trinajstić information content (AvgIpc) is 2.93. The maximum Gasteiger partial charge on any atom is 0.417 e. The molecule has 0 spiro atoms. The summed E-state index contributed by atoms with van der Waals surface area (Å²) in [6.07, 6.45) is 2.46. The number of pyridine rings is 1. The van der Waals surface area contributed by atoms with Crippen LogP contribution in [0.4, 0.5) is 19.0 Å². The van der Waals surface area contributed by atoms with Gasteiger partial charge in [-0.3, -0.25) is 0 Å². The molecule has 0 unspecified atom stereocenters. The van der Waals surface area contributed by atoms with Crippen molar-refractivity contribution in [3.8, 4) is 11.8 Å². The van der Waals surface area contributed by atoms with E-state index in [0.717, 1.165) is 37.9 Å². The van der Waals surface area contributed by atoms with Crippen LogP contribution in [-0.4, -0.2) is 49.6 Å². The van der Waals surface area contributed by atoms with E-state index in [9.17, 15) is 21.6 Å². The highest BCUT2D eigenvalue weighted by molar-refractivity contribution is 7.89. The summed E-state index contributed by atoms with van der Waals surface area (Å²) < 4.78 is 64.5. The fourth-order valence-electron chi connectivity index (χ4n) is 3.00. The fourth-order valence-corrected chi connectivity index (χ4v) is 4.27. The highest BCUT2D eigenvalue weighted by atomic mass is 32.2. The van der Waals surface area contributed by atoms with Gasteiger partial charge in [0, 0.05) is 38.8 Å². The average molecular weight is 431 g/mol. The van der Waals surface area contributed by atoms with Crippen molar-refractivity contribution >= 4 is 15.8 Å². The van der Waals surface area contributed by atoms with E-state index in [-0.39, 0.29) is 12.3 Å². The van der Waals surface area contributed by atoms with Gasteiger partial charge in [0.1, 0.15) is 5.82 Å². The molecule has 2 rings (SSSR count). The van der Waals surface area contributed by atoms with Crippen molar-refractivity contribution < 1.29 is 21.6 Å². The Morgan fingerprint density at radius 1 is 1.17 bits per heavy atom. The van der Waals surface area contributed by atoms with Gasteiger partial charge in [-0.2, -0.15) is 13.2 Å². The molecule has 0 atom stereocenters. The summed E-state index contributed by atoms with van der Waals surface area (Å²) in [5.41, 5.74) is -0.799. The minimum atomic E-state index is -4.43. The standard InChI is InChI=1S/C20H27F3N3O2S/c1-2-3-4-5-6-7-8-16-29(27,28)26-13-9-12-25(14-15-26)19-11-10-18(17-24-19)20(21,22)23/h8,10-11,17H,2-5,9,12-16H2,1H3. The van der Waals surface area contributed by atoms with Crippen molar-refractivity contribution in [3.63, 3.8) is 0 Å². The van der Waals surface area contributed by atoms with Crippen molar-refractivity contribution in [1.82, 2.24) is 9.29 Å². The predicted molar refractivity (Wildman–Crippen MR) is 108 cm³/mol. The van der Waals surface area contributed by atoms with Crippen molar-refractivity contribution in [2.24, 2.45) is 0 Å². The van der Waals surface area contributed by atoms with E-state index in [0.29, 0.717) is 31.9 Å². The number of alkyl halides is 3. The first-order valence-corrected chi connectivity index (χ1v) is 11.4. The van der Waals surface area contributed by atoms with Crippen molar-refractivity contribution in [2.45, 2.75) is 45.2 Å². The minimum Gasteiger partial charge on any atom is -0.355 e. The molecule has 1 aromatic heterocycles. The van der Waals surface area contributed by atoms with Crippen LogP contribution in [0.15, 0.2) is 18.3 Å². The first kappa shape index (κ1) is 23.5. The Hall–Kier alpha value is -1.79. The molecule has 9 heteroatoms. The Kier molecular flexibility index (Phi) is 8.78. The second kappa shape index (κ2) is 10.8. The number of hydrogen-bond acceptors (Lipinski definition) is 4. The van der Waals surface area contributed by atoms with E-state index in [2.05, 4.69) is 23.7 Å². The summed E-state index contributed by atoms with van der Waals surface area (Å²) in [5, 5.41) is 0. The third kappa shape index (κ3) is 7.52. The predicted octanol–water partition coefficient (Wildman–Crippen LogP) is 3.73. The van der Waals surface area contributed by atoms with Crippen molar-refractivity contribution in [1.29, 1.82) is 0 Å². The van der Waals surface area contributed by atoms with Gasteiger partial charge in [-0.1, -0.05) is 25.7 Å². The van der Waals surface area contributed by atoms with E-state index in [1.54, 1.807) is 0 Å². The first-order valence-electron chi connectivity index (χ1n) is 9.80. The normalized spacial score (nSPS) is 16.2. The van der Waals surface area contributed by atoms with E-state index < -0.39 is 21.8 Å². The lowest BCUT2D eigenvalue weighted by molar-refractivity contribution is -0.137. The Labute approximate surface area is 171 Å². The molecule has 0 aliphatic carbocycles. The van der Waals surface area contributed by atoms with Crippen molar-refractivity contribution in [3.05, 3.63) is 30.3 Å². The molecule has 5 nitrogen and oxygen atoms in total. The molecule has 1 saturated heterocycles. The number of hydrogen-bond donors (Lipinski definition) is 0. The second-order valence-electron chi connectivity index (χ2n) is 6.90. The number of rotatable bonds is 7. The lowest BCUT2D eigenvalue weighted by atomic mass is 10.2. The van der Waals surface area contributed by atoms with Gasteiger partial charge in [0.2, 0.25) is 10.0 Å². The van der Waals surface area contributed by atoms with Gasteiger partial charge in [0.05, 0.1) is 17.7 Å². The van der Waals surface area contributed by atoms with Crippen LogP contribution in [-0.2, 0) is 16.2 Å². The van der Waals surface area contributed by atoms with Crippen LogP contribution >= 0.6 is 0 Å². The van der Waals surface area contributed by atoms with E-state index >= 15 is 0 Å². The summed E-state index contributed by atoms with van der Waals surface area (Å²) in [4.78, 5) is 5.71. The Morgan fingerprint density at radius 2 is 1.97 bits per heavy atom. The SMILES string of the molecule is CCCCCC#C[CH]CS(=O)(=O)N1CCCN(c2ccc(C(F)(F)F)cn2)CC1. The van der Waals surface area contributed by atoms with Gasteiger partial charge in [-0.15, -0.1) is 5.92 Å². The summed E-state index contributed by atoms with van der Waals surface area (Å²) >= 11 is 0. The molecule has 0 N–H and O–H groups in total. The largest absolute Gasteiger partial charge is 0.417 e. The maximum absolute atomic E-state index is 12.7. The molecule has 0 bridgehead atoms. The van der Waals surface area contributed by atoms with Gasteiger partial charge in [-0.05, 0) is 25.0 Å². The van der Waals surface area contributed by atoms with Gasteiger partial charge in [-0.25, -0.2) is 17.7 Å². The summed E-state index contributed by atoms with van der Waals surface area (Å²) in [6.45, 7) is 3.66. The monoisotopic (exact) mass is 430 g/mol. The molecular formula is C20H27F3N3O2S. The van der Waals surface area contributed by atoms with E-state index in [1.165, 1.54) is 16.8 Å². The molecule has 1 fully saturated rings. The lowest BCUT2D eigenvalue weighted by Crippen LogP contribution is -2.36.